The summed E-state index contributed by atoms with van der Waals surface area (Å²) in [7, 11) is -0.780. The molecular weight excluding hydrogens is 492 g/mol. The zero-order valence-corrected chi connectivity index (χ0v) is 23.5. The summed E-state index contributed by atoms with van der Waals surface area (Å²) in [6.07, 6.45) is 7.55. The van der Waals surface area contributed by atoms with Crippen LogP contribution >= 0.6 is 0 Å². The van der Waals surface area contributed by atoms with E-state index in [1.54, 1.807) is 19.1 Å². The van der Waals surface area contributed by atoms with Crippen LogP contribution in [0.1, 0.15) is 69.6 Å². The van der Waals surface area contributed by atoms with Gasteiger partial charge in [0.2, 0.25) is 0 Å². The van der Waals surface area contributed by atoms with Crippen molar-refractivity contribution >= 4 is 22.2 Å². The average molecular weight is 533 g/mol. The molecule has 8 heteroatoms. The van der Waals surface area contributed by atoms with Gasteiger partial charge < -0.3 is 18.4 Å². The van der Waals surface area contributed by atoms with E-state index in [0.29, 0.717) is 24.4 Å². The average Bonchev–Trinajstić information content (AvgIpc) is 2.88. The minimum atomic E-state index is -3.65. The number of unbranched alkanes of at least 4 members (excludes halogenated alkanes) is 2. The lowest BCUT2D eigenvalue weighted by molar-refractivity contribution is -0.135. The first kappa shape index (κ1) is 30.2. The van der Waals surface area contributed by atoms with Gasteiger partial charge in [0.1, 0.15) is 5.75 Å². The second-order valence-corrected chi connectivity index (χ2v) is 10.6. The van der Waals surface area contributed by atoms with Crippen LogP contribution in [0.15, 0.2) is 42.0 Å². The Labute approximate surface area is 221 Å². The zero-order chi connectivity index (χ0) is 27.3. The molecule has 0 saturated heterocycles. The molecule has 0 atom stereocenters. The molecule has 0 N–H and O–H groups in total. The Kier molecular flexibility index (Phi) is 12.5. The van der Waals surface area contributed by atoms with Gasteiger partial charge in [-0.2, -0.15) is 8.42 Å². The number of rotatable bonds is 16. The lowest BCUT2D eigenvalue weighted by atomic mass is 10.0. The number of esters is 1. The van der Waals surface area contributed by atoms with Crippen LogP contribution in [0.2, 0.25) is 0 Å². The van der Waals surface area contributed by atoms with Gasteiger partial charge in [-0.1, -0.05) is 44.9 Å². The van der Waals surface area contributed by atoms with E-state index >= 15 is 0 Å². The highest BCUT2D eigenvalue weighted by Gasteiger charge is 2.16. The van der Waals surface area contributed by atoms with Crippen molar-refractivity contribution < 1.29 is 31.6 Å². The third-order valence-electron chi connectivity index (χ3n) is 5.84. The highest BCUT2D eigenvalue weighted by molar-refractivity contribution is 7.87. The summed E-state index contributed by atoms with van der Waals surface area (Å²) in [4.78, 5) is 11.8. The molecule has 0 saturated carbocycles. The molecule has 2 aromatic rings. The Morgan fingerprint density at radius 3 is 2.32 bits per heavy atom. The molecule has 7 nitrogen and oxygen atoms in total. The van der Waals surface area contributed by atoms with E-state index in [1.807, 2.05) is 37.3 Å². The Morgan fingerprint density at radius 1 is 0.892 bits per heavy atom. The van der Waals surface area contributed by atoms with Crippen LogP contribution in [-0.2, 0) is 32.5 Å². The molecule has 0 amide bonds. The number of carbonyl (C=O) groups excluding carboxylic acids is 1. The van der Waals surface area contributed by atoms with Crippen molar-refractivity contribution in [2.75, 3.05) is 26.6 Å². The molecule has 37 heavy (non-hydrogen) atoms. The fourth-order valence-electron chi connectivity index (χ4n) is 3.72. The van der Waals surface area contributed by atoms with Crippen molar-refractivity contribution in [1.29, 1.82) is 0 Å². The highest BCUT2D eigenvalue weighted by Crippen LogP contribution is 2.31. The number of aryl methyl sites for hydroxylation is 2. The SMILES string of the molecule is CCCCOc1cc(/C=C(\C)C(=O)OC)ccc1CCCc1ccc(OS(=O)(=O)CCCC)c(OC)c1. The molecule has 0 heterocycles. The summed E-state index contributed by atoms with van der Waals surface area (Å²) in [5.74, 6) is 1.05. The number of methoxy groups -OCH3 is 2. The molecule has 0 aliphatic rings. The topological polar surface area (TPSA) is 88.1 Å². The largest absolute Gasteiger partial charge is 0.493 e. The van der Waals surface area contributed by atoms with Crippen LogP contribution in [0, 0.1) is 0 Å². The van der Waals surface area contributed by atoms with Crippen LogP contribution in [0.4, 0.5) is 0 Å². The Balaban J connectivity index is 2.11. The molecule has 0 aromatic heterocycles. The van der Waals surface area contributed by atoms with E-state index in [1.165, 1.54) is 14.2 Å². The summed E-state index contributed by atoms with van der Waals surface area (Å²) in [5, 5.41) is 0. The minimum absolute atomic E-state index is 0.0199. The van der Waals surface area contributed by atoms with Crippen LogP contribution < -0.4 is 13.7 Å². The number of hydrogen-bond donors (Lipinski definition) is 0. The van der Waals surface area contributed by atoms with E-state index in [2.05, 4.69) is 6.92 Å². The van der Waals surface area contributed by atoms with Gasteiger partial charge in [-0.15, -0.1) is 0 Å². The number of hydrogen-bond acceptors (Lipinski definition) is 7. The molecule has 0 aliphatic heterocycles. The second kappa shape index (κ2) is 15.3. The number of ether oxygens (including phenoxy) is 3. The van der Waals surface area contributed by atoms with Gasteiger partial charge in [-0.25, -0.2) is 4.79 Å². The minimum Gasteiger partial charge on any atom is -0.493 e. The molecule has 2 rings (SSSR count). The summed E-state index contributed by atoms with van der Waals surface area (Å²) in [6.45, 7) is 6.41. The van der Waals surface area contributed by atoms with E-state index in [9.17, 15) is 13.2 Å². The van der Waals surface area contributed by atoms with Crippen molar-refractivity contribution in [3.63, 3.8) is 0 Å². The smallest absolute Gasteiger partial charge is 0.333 e. The summed E-state index contributed by atoms with van der Waals surface area (Å²) < 4.78 is 45.9. The van der Waals surface area contributed by atoms with Gasteiger partial charge in [0.15, 0.2) is 11.5 Å². The normalized spacial score (nSPS) is 11.8. The number of benzene rings is 2. The number of carbonyl (C=O) groups is 1. The van der Waals surface area contributed by atoms with Crippen molar-refractivity contribution in [1.82, 2.24) is 0 Å². The van der Waals surface area contributed by atoms with Gasteiger partial charge >= 0.3 is 16.1 Å². The fraction of sp³-hybridized carbons (Fsp3) is 0.483. The van der Waals surface area contributed by atoms with Gasteiger partial charge in [-0.05, 0) is 80.0 Å². The third kappa shape index (κ3) is 10.1. The molecule has 0 unspecified atom stereocenters. The quantitative estimate of drug-likeness (QED) is 0.111. The van der Waals surface area contributed by atoms with Gasteiger partial charge in [0.05, 0.1) is 26.6 Å². The summed E-state index contributed by atoms with van der Waals surface area (Å²) in [6, 6.07) is 11.3. The van der Waals surface area contributed by atoms with Crippen LogP contribution in [0.25, 0.3) is 6.08 Å². The first-order valence-electron chi connectivity index (χ1n) is 12.8. The van der Waals surface area contributed by atoms with Crippen LogP contribution in [0.5, 0.6) is 17.2 Å². The Hall–Kier alpha value is -3.00. The first-order valence-corrected chi connectivity index (χ1v) is 14.4. The second-order valence-electron chi connectivity index (χ2n) is 8.93. The van der Waals surface area contributed by atoms with E-state index in [0.717, 1.165) is 61.0 Å². The monoisotopic (exact) mass is 532 g/mol. The van der Waals surface area contributed by atoms with Gasteiger partial charge in [0.25, 0.3) is 0 Å². The molecule has 0 spiro atoms. The van der Waals surface area contributed by atoms with Crippen molar-refractivity contribution in [2.45, 2.75) is 65.7 Å². The van der Waals surface area contributed by atoms with Crippen molar-refractivity contribution in [3.8, 4) is 17.2 Å². The lowest BCUT2D eigenvalue weighted by Gasteiger charge is -2.14. The molecule has 0 radical (unpaired) electrons. The molecule has 204 valence electrons. The Bertz CT molecular complexity index is 1150. The Morgan fingerprint density at radius 2 is 1.65 bits per heavy atom. The predicted molar refractivity (Wildman–Crippen MR) is 147 cm³/mol. The predicted octanol–water partition coefficient (Wildman–Crippen LogP) is 6.13. The van der Waals surface area contributed by atoms with Gasteiger partial charge in [0, 0.05) is 5.57 Å². The summed E-state index contributed by atoms with van der Waals surface area (Å²) >= 11 is 0. The standard InChI is InChI=1S/C29H40O7S/c1-6-8-17-35-27-21-24(19-22(3)29(30)34-5)13-15-25(27)12-10-11-23-14-16-26(28(20-23)33-4)36-37(31,32)18-9-7-2/h13-16,19-21H,6-12,17-18H2,1-5H3/b22-19+. The molecule has 0 fully saturated rings. The first-order chi connectivity index (χ1) is 17.7. The van der Waals surface area contributed by atoms with E-state index < -0.39 is 10.1 Å². The molecule has 2 aromatic carbocycles. The van der Waals surface area contributed by atoms with Gasteiger partial charge in [-0.3, -0.25) is 0 Å². The highest BCUT2D eigenvalue weighted by atomic mass is 32.2. The fourth-order valence-corrected chi connectivity index (χ4v) is 4.85. The van der Waals surface area contributed by atoms with Crippen molar-refractivity contribution in [3.05, 3.63) is 58.7 Å². The zero-order valence-electron chi connectivity index (χ0n) is 22.7. The third-order valence-corrected chi connectivity index (χ3v) is 7.06. The molecule has 0 bridgehead atoms. The van der Waals surface area contributed by atoms with Crippen LogP contribution in [-0.4, -0.2) is 41.0 Å². The van der Waals surface area contributed by atoms with E-state index in [4.69, 9.17) is 18.4 Å². The molecule has 0 aliphatic carbocycles. The maximum atomic E-state index is 12.2. The van der Waals surface area contributed by atoms with Crippen LogP contribution in [0.3, 0.4) is 0 Å². The molecular formula is C29H40O7S. The summed E-state index contributed by atoms with van der Waals surface area (Å²) in [5.41, 5.74) is 3.52. The van der Waals surface area contributed by atoms with E-state index in [-0.39, 0.29) is 17.5 Å². The maximum Gasteiger partial charge on any atom is 0.333 e. The lowest BCUT2D eigenvalue weighted by Crippen LogP contribution is -2.14. The maximum absolute atomic E-state index is 12.2. The van der Waals surface area contributed by atoms with Crippen molar-refractivity contribution in [2.24, 2.45) is 0 Å².